The van der Waals surface area contributed by atoms with Crippen molar-refractivity contribution in [3.05, 3.63) is 52.4 Å². The summed E-state index contributed by atoms with van der Waals surface area (Å²) in [6.07, 6.45) is 3.59. The lowest BCUT2D eigenvalue weighted by atomic mass is 10.2. The summed E-state index contributed by atoms with van der Waals surface area (Å²) in [5.74, 6) is 0.710. The number of thioether (sulfide) groups is 1. The lowest BCUT2D eigenvalue weighted by Gasteiger charge is -2.05. The van der Waals surface area contributed by atoms with Gasteiger partial charge in [0.15, 0.2) is 0 Å². The second-order valence-corrected chi connectivity index (χ2v) is 6.17. The van der Waals surface area contributed by atoms with Gasteiger partial charge in [0.25, 0.3) is 0 Å². The number of pyridine rings is 1. The highest BCUT2D eigenvalue weighted by Gasteiger charge is 2.09. The number of benzene rings is 1. The average molecular weight is 324 g/mol. The fourth-order valence-electron chi connectivity index (χ4n) is 1.94. The molecule has 3 aromatic rings. The molecule has 3 nitrogen and oxygen atoms in total. The molecule has 102 valence electrons. The van der Waals surface area contributed by atoms with E-state index in [1.165, 1.54) is 0 Å². The second-order valence-electron chi connectivity index (χ2n) is 4.36. The molecule has 0 spiro atoms. The van der Waals surface area contributed by atoms with Crippen molar-refractivity contribution in [2.45, 2.75) is 10.8 Å². The van der Waals surface area contributed by atoms with Gasteiger partial charge in [0, 0.05) is 29.0 Å². The zero-order chi connectivity index (χ0) is 14.1. The van der Waals surface area contributed by atoms with Crippen LogP contribution in [-0.4, -0.2) is 14.5 Å². The maximum atomic E-state index is 6.17. The van der Waals surface area contributed by atoms with Crippen molar-refractivity contribution in [3.63, 3.8) is 0 Å². The summed E-state index contributed by atoms with van der Waals surface area (Å²) in [6, 6.07) is 7.44. The molecule has 0 N–H and O–H groups in total. The number of aryl methyl sites for hydroxylation is 1. The van der Waals surface area contributed by atoms with E-state index in [-0.39, 0.29) is 0 Å². The molecule has 20 heavy (non-hydrogen) atoms. The molecule has 0 atom stereocenters. The normalized spacial score (nSPS) is 11.2. The number of nitrogens with zero attached hydrogens (tertiary/aromatic N) is 3. The minimum atomic E-state index is 0.689. The Hall–Kier alpha value is -1.23. The Labute approximate surface area is 130 Å². The molecule has 0 bridgehead atoms. The Bertz CT molecular complexity index is 770. The lowest BCUT2D eigenvalue weighted by molar-refractivity contribution is 0.947. The van der Waals surface area contributed by atoms with Crippen LogP contribution in [0.5, 0.6) is 0 Å². The lowest BCUT2D eigenvalue weighted by Crippen LogP contribution is -1.88. The molecule has 3 rings (SSSR count). The predicted molar refractivity (Wildman–Crippen MR) is 84.5 cm³/mol. The highest BCUT2D eigenvalue weighted by atomic mass is 35.5. The van der Waals surface area contributed by atoms with Crippen molar-refractivity contribution >= 4 is 46.0 Å². The Kier molecular flexibility index (Phi) is 3.87. The van der Waals surface area contributed by atoms with Crippen LogP contribution >= 0.6 is 35.0 Å². The summed E-state index contributed by atoms with van der Waals surface area (Å²) in [7, 11) is 1.97. The first-order valence-electron chi connectivity index (χ1n) is 5.98. The first-order chi connectivity index (χ1) is 9.65. The number of imidazole rings is 1. The maximum Gasteiger partial charge on any atom is 0.124 e. The minimum Gasteiger partial charge on any atom is -0.334 e. The van der Waals surface area contributed by atoms with Gasteiger partial charge in [0.2, 0.25) is 0 Å². The van der Waals surface area contributed by atoms with E-state index in [1.54, 1.807) is 30.4 Å². The van der Waals surface area contributed by atoms with Crippen LogP contribution in [0.4, 0.5) is 0 Å². The monoisotopic (exact) mass is 323 g/mol. The third kappa shape index (κ3) is 2.64. The summed E-state index contributed by atoms with van der Waals surface area (Å²) in [4.78, 5) is 8.79. The topological polar surface area (TPSA) is 30.7 Å². The Morgan fingerprint density at radius 2 is 2.05 bits per heavy atom. The van der Waals surface area contributed by atoms with Crippen LogP contribution in [0.2, 0.25) is 10.0 Å². The number of halogens is 2. The first kappa shape index (κ1) is 13.7. The Morgan fingerprint density at radius 1 is 1.20 bits per heavy atom. The molecule has 0 aliphatic heterocycles. The average Bonchev–Trinajstić information content (AvgIpc) is 2.82. The summed E-state index contributed by atoms with van der Waals surface area (Å²) in [5.41, 5.74) is 2.98. The van der Waals surface area contributed by atoms with Crippen molar-refractivity contribution in [2.24, 2.45) is 7.05 Å². The molecule has 0 amide bonds. The summed E-state index contributed by atoms with van der Waals surface area (Å²) < 4.78 is 1.98. The van der Waals surface area contributed by atoms with Gasteiger partial charge in [-0.05, 0) is 29.8 Å². The van der Waals surface area contributed by atoms with Gasteiger partial charge in [0.1, 0.15) is 10.5 Å². The van der Waals surface area contributed by atoms with E-state index < -0.39 is 0 Å². The zero-order valence-electron chi connectivity index (χ0n) is 10.7. The standard InChI is InChI=1S/C14H11Cl2N3S/c1-19-8-18-13-12(19)4-5-17-14(13)20-7-9-6-10(15)2-3-11(9)16/h2-6,8H,7H2,1H3. The molecule has 6 heteroatoms. The summed E-state index contributed by atoms with van der Waals surface area (Å²) in [5, 5.41) is 2.31. The third-order valence-electron chi connectivity index (χ3n) is 2.98. The number of fused-ring (bicyclic) bond motifs is 1. The fourth-order valence-corrected chi connectivity index (χ4v) is 3.36. The molecule has 0 saturated heterocycles. The molecule has 2 aromatic heterocycles. The van der Waals surface area contributed by atoms with Gasteiger partial charge in [0.05, 0.1) is 11.8 Å². The van der Waals surface area contributed by atoms with Crippen LogP contribution in [0.3, 0.4) is 0 Å². The molecule has 0 aliphatic rings. The van der Waals surface area contributed by atoms with Crippen LogP contribution in [-0.2, 0) is 12.8 Å². The first-order valence-corrected chi connectivity index (χ1v) is 7.72. The van der Waals surface area contributed by atoms with Gasteiger partial charge in [-0.2, -0.15) is 0 Å². The molecule has 0 radical (unpaired) electrons. The smallest absolute Gasteiger partial charge is 0.124 e. The SMILES string of the molecule is Cn1cnc2c(SCc3cc(Cl)ccc3Cl)nccc21. The van der Waals surface area contributed by atoms with Crippen molar-refractivity contribution in [1.29, 1.82) is 0 Å². The van der Waals surface area contributed by atoms with Crippen molar-refractivity contribution < 1.29 is 0 Å². The Balaban J connectivity index is 1.88. The van der Waals surface area contributed by atoms with Gasteiger partial charge in [-0.15, -0.1) is 0 Å². The molecule has 0 unspecified atom stereocenters. The molecule has 0 aliphatic carbocycles. The van der Waals surface area contributed by atoms with Crippen LogP contribution in [0.1, 0.15) is 5.56 Å². The van der Waals surface area contributed by atoms with E-state index >= 15 is 0 Å². The molecular formula is C14H11Cl2N3S. The van der Waals surface area contributed by atoms with Crippen LogP contribution < -0.4 is 0 Å². The quantitative estimate of drug-likeness (QED) is 0.661. The molecule has 0 saturated carbocycles. The summed E-state index contributed by atoms with van der Waals surface area (Å²) in [6.45, 7) is 0. The van der Waals surface area contributed by atoms with Crippen molar-refractivity contribution in [1.82, 2.24) is 14.5 Å². The highest BCUT2D eigenvalue weighted by Crippen LogP contribution is 2.30. The van der Waals surface area contributed by atoms with Crippen molar-refractivity contribution in [2.75, 3.05) is 0 Å². The predicted octanol–water partition coefficient (Wildman–Crippen LogP) is 4.57. The van der Waals surface area contributed by atoms with Crippen LogP contribution in [0.15, 0.2) is 41.8 Å². The number of aromatic nitrogens is 3. The van der Waals surface area contributed by atoms with Gasteiger partial charge in [-0.3, -0.25) is 0 Å². The number of rotatable bonds is 3. The van der Waals surface area contributed by atoms with Gasteiger partial charge in [-0.1, -0.05) is 35.0 Å². The van der Waals surface area contributed by atoms with Crippen molar-refractivity contribution in [3.8, 4) is 0 Å². The molecule has 1 aromatic carbocycles. The number of hydrogen-bond acceptors (Lipinski definition) is 3. The van der Waals surface area contributed by atoms with Gasteiger partial charge in [-0.25, -0.2) is 9.97 Å². The third-order valence-corrected chi connectivity index (χ3v) is 4.61. The zero-order valence-corrected chi connectivity index (χ0v) is 13.0. The van der Waals surface area contributed by atoms with Crippen LogP contribution in [0.25, 0.3) is 11.0 Å². The largest absolute Gasteiger partial charge is 0.334 e. The van der Waals surface area contributed by atoms with E-state index in [0.717, 1.165) is 26.6 Å². The van der Waals surface area contributed by atoms with E-state index in [2.05, 4.69) is 9.97 Å². The van der Waals surface area contributed by atoms with Gasteiger partial charge < -0.3 is 4.57 Å². The van der Waals surface area contributed by atoms with E-state index in [4.69, 9.17) is 23.2 Å². The molecule has 2 heterocycles. The fraction of sp³-hybridized carbons (Fsp3) is 0.143. The molecular weight excluding hydrogens is 313 g/mol. The van der Waals surface area contributed by atoms with E-state index in [1.807, 2.05) is 29.8 Å². The highest BCUT2D eigenvalue weighted by molar-refractivity contribution is 7.98. The summed E-state index contributed by atoms with van der Waals surface area (Å²) >= 11 is 13.8. The van der Waals surface area contributed by atoms with Crippen LogP contribution in [0, 0.1) is 0 Å². The second kappa shape index (κ2) is 5.64. The molecule has 0 fully saturated rings. The maximum absolute atomic E-state index is 6.17. The van der Waals surface area contributed by atoms with Gasteiger partial charge >= 0.3 is 0 Å². The number of hydrogen-bond donors (Lipinski definition) is 0. The van der Waals surface area contributed by atoms with E-state index in [9.17, 15) is 0 Å². The Morgan fingerprint density at radius 3 is 2.90 bits per heavy atom. The van der Waals surface area contributed by atoms with E-state index in [0.29, 0.717) is 10.8 Å². The minimum absolute atomic E-state index is 0.689.